The van der Waals surface area contributed by atoms with Crippen molar-refractivity contribution in [1.82, 2.24) is 15.0 Å². The zero-order valence-electron chi connectivity index (χ0n) is 27.0. The predicted octanol–water partition coefficient (Wildman–Crippen LogP) is 11.1. The maximum atomic E-state index is 6.46. The van der Waals surface area contributed by atoms with Crippen molar-refractivity contribution in [1.29, 1.82) is 0 Å². The van der Waals surface area contributed by atoms with E-state index in [0.29, 0.717) is 17.5 Å². The molecule has 234 valence electrons. The van der Waals surface area contributed by atoms with Gasteiger partial charge in [0.25, 0.3) is 0 Å². The molecule has 9 aromatic rings. The van der Waals surface area contributed by atoms with Gasteiger partial charge in [-0.25, -0.2) is 15.0 Å². The number of furan rings is 1. The molecule has 1 aliphatic carbocycles. The van der Waals surface area contributed by atoms with Gasteiger partial charge < -0.3 is 4.42 Å². The van der Waals surface area contributed by atoms with Crippen molar-refractivity contribution in [3.8, 4) is 45.3 Å². The van der Waals surface area contributed by atoms with Gasteiger partial charge in [0.05, 0.1) is 5.41 Å². The quantitative estimate of drug-likeness (QED) is 0.188. The maximum Gasteiger partial charge on any atom is 0.164 e. The van der Waals surface area contributed by atoms with Crippen LogP contribution in [0.4, 0.5) is 0 Å². The highest BCUT2D eigenvalue weighted by Gasteiger charge is 2.46. The molecule has 0 bridgehead atoms. The minimum absolute atomic E-state index is 0.567. The van der Waals surface area contributed by atoms with E-state index in [-0.39, 0.29) is 0 Å². The van der Waals surface area contributed by atoms with E-state index in [9.17, 15) is 0 Å². The minimum atomic E-state index is -0.567. The molecule has 0 aliphatic heterocycles. The molecule has 10 rings (SSSR count). The summed E-state index contributed by atoms with van der Waals surface area (Å²) in [6.45, 7) is 0. The molecule has 0 unspecified atom stereocenters. The van der Waals surface area contributed by atoms with E-state index in [2.05, 4.69) is 103 Å². The fourth-order valence-corrected chi connectivity index (χ4v) is 7.79. The largest absolute Gasteiger partial charge is 0.456 e. The molecule has 0 amide bonds. The van der Waals surface area contributed by atoms with Crippen molar-refractivity contribution >= 4 is 21.9 Å². The first kappa shape index (κ1) is 28.4. The van der Waals surface area contributed by atoms with Gasteiger partial charge in [-0.15, -0.1) is 0 Å². The van der Waals surface area contributed by atoms with Gasteiger partial charge in [0, 0.05) is 27.5 Å². The van der Waals surface area contributed by atoms with Gasteiger partial charge in [0.15, 0.2) is 17.5 Å². The Morgan fingerprint density at radius 3 is 1.42 bits per heavy atom. The summed E-state index contributed by atoms with van der Waals surface area (Å²) in [6, 6.07) is 61.6. The van der Waals surface area contributed by atoms with E-state index in [1.54, 1.807) is 0 Å². The Kier molecular flexibility index (Phi) is 6.36. The molecular formula is C46H29N3O. The molecule has 0 saturated heterocycles. The van der Waals surface area contributed by atoms with Crippen LogP contribution in [0.1, 0.15) is 22.3 Å². The van der Waals surface area contributed by atoms with Gasteiger partial charge in [-0.3, -0.25) is 0 Å². The zero-order chi connectivity index (χ0) is 33.1. The van der Waals surface area contributed by atoms with Crippen molar-refractivity contribution in [2.75, 3.05) is 0 Å². The molecule has 0 radical (unpaired) electrons. The Hall–Kier alpha value is -6.65. The first-order valence-electron chi connectivity index (χ1n) is 16.9. The molecule has 1 aliphatic rings. The number of hydrogen-bond donors (Lipinski definition) is 0. The lowest BCUT2D eigenvalue weighted by molar-refractivity contribution is 0.665. The first-order valence-corrected chi connectivity index (χ1v) is 16.9. The Bertz CT molecular complexity index is 2590. The van der Waals surface area contributed by atoms with E-state index in [1.165, 1.54) is 22.3 Å². The summed E-state index contributed by atoms with van der Waals surface area (Å²) >= 11 is 0. The highest BCUT2D eigenvalue weighted by molar-refractivity contribution is 6.05. The SMILES string of the molecule is c1ccc(-c2nc(-c3ccccc3)nc(-c3ccc(C4(c5ccc6c(c5)oc5ccccc56)c5ccccc5-c5ccccc54)cc3)n2)cc1. The first-order chi connectivity index (χ1) is 24.8. The van der Waals surface area contributed by atoms with E-state index in [0.717, 1.165) is 49.8 Å². The topological polar surface area (TPSA) is 51.8 Å². The summed E-state index contributed by atoms with van der Waals surface area (Å²) in [4.78, 5) is 14.9. The van der Waals surface area contributed by atoms with Crippen LogP contribution in [-0.4, -0.2) is 15.0 Å². The Morgan fingerprint density at radius 1 is 0.360 bits per heavy atom. The fourth-order valence-electron chi connectivity index (χ4n) is 7.79. The van der Waals surface area contributed by atoms with Crippen molar-refractivity contribution in [3.63, 3.8) is 0 Å². The van der Waals surface area contributed by atoms with Crippen LogP contribution in [-0.2, 0) is 5.41 Å². The smallest absolute Gasteiger partial charge is 0.164 e. The predicted molar refractivity (Wildman–Crippen MR) is 201 cm³/mol. The van der Waals surface area contributed by atoms with Gasteiger partial charge >= 0.3 is 0 Å². The van der Waals surface area contributed by atoms with E-state index in [1.807, 2.05) is 72.8 Å². The number of hydrogen-bond acceptors (Lipinski definition) is 4. The second-order valence-electron chi connectivity index (χ2n) is 12.8. The van der Waals surface area contributed by atoms with E-state index >= 15 is 0 Å². The van der Waals surface area contributed by atoms with Crippen molar-refractivity contribution in [3.05, 3.63) is 198 Å². The third kappa shape index (κ3) is 4.28. The summed E-state index contributed by atoms with van der Waals surface area (Å²) < 4.78 is 6.46. The molecule has 50 heavy (non-hydrogen) atoms. The fraction of sp³-hybridized carbons (Fsp3) is 0.0217. The molecule has 0 saturated carbocycles. The second kappa shape index (κ2) is 11.2. The van der Waals surface area contributed by atoms with Gasteiger partial charge in [0.2, 0.25) is 0 Å². The molecule has 4 heteroatoms. The van der Waals surface area contributed by atoms with Gasteiger partial charge in [-0.1, -0.05) is 164 Å². The third-order valence-corrected chi connectivity index (χ3v) is 10.0. The molecule has 0 N–H and O–H groups in total. The van der Waals surface area contributed by atoms with Crippen LogP contribution in [0.25, 0.3) is 67.2 Å². The Balaban J connectivity index is 1.18. The minimum Gasteiger partial charge on any atom is -0.456 e. The highest BCUT2D eigenvalue weighted by Crippen LogP contribution is 2.56. The molecule has 2 heterocycles. The zero-order valence-corrected chi connectivity index (χ0v) is 27.0. The summed E-state index contributed by atoms with van der Waals surface area (Å²) in [5.41, 5.74) is 11.3. The Labute approximate surface area is 289 Å². The van der Waals surface area contributed by atoms with E-state index in [4.69, 9.17) is 19.4 Å². The van der Waals surface area contributed by atoms with Crippen LogP contribution in [0.3, 0.4) is 0 Å². The molecular weight excluding hydrogens is 611 g/mol. The average molecular weight is 640 g/mol. The number of aromatic nitrogens is 3. The molecule has 0 fully saturated rings. The van der Waals surface area contributed by atoms with Crippen LogP contribution in [0, 0.1) is 0 Å². The number of benzene rings is 7. The standard InChI is InChI=1S/C46H29N3O/c1-3-13-30(14-4-1)43-47-44(31-15-5-2-6-16-31)49-45(48-43)32-23-25-33(26-24-32)46(39-20-10-7-17-35(39)36-18-8-11-21-40(36)46)34-27-28-38-37-19-9-12-22-41(37)50-42(38)29-34/h1-29H. The second-order valence-corrected chi connectivity index (χ2v) is 12.8. The van der Waals surface area contributed by atoms with Crippen molar-refractivity contribution < 1.29 is 4.42 Å². The Morgan fingerprint density at radius 2 is 0.820 bits per heavy atom. The van der Waals surface area contributed by atoms with Gasteiger partial charge in [-0.05, 0) is 45.5 Å². The molecule has 7 aromatic carbocycles. The molecule has 0 atom stereocenters. The monoisotopic (exact) mass is 639 g/mol. The molecule has 4 nitrogen and oxygen atoms in total. The number of para-hydroxylation sites is 1. The van der Waals surface area contributed by atoms with Crippen molar-refractivity contribution in [2.24, 2.45) is 0 Å². The third-order valence-electron chi connectivity index (χ3n) is 10.0. The van der Waals surface area contributed by atoms with E-state index < -0.39 is 5.41 Å². The number of rotatable bonds is 5. The summed E-state index contributed by atoms with van der Waals surface area (Å²) in [5.74, 6) is 1.93. The van der Waals surface area contributed by atoms with Gasteiger partial charge in [0.1, 0.15) is 11.2 Å². The van der Waals surface area contributed by atoms with Crippen LogP contribution < -0.4 is 0 Å². The van der Waals surface area contributed by atoms with Crippen molar-refractivity contribution in [2.45, 2.75) is 5.41 Å². The lowest BCUT2D eigenvalue weighted by Gasteiger charge is -2.34. The highest BCUT2D eigenvalue weighted by atomic mass is 16.3. The maximum absolute atomic E-state index is 6.46. The van der Waals surface area contributed by atoms with Crippen LogP contribution >= 0.6 is 0 Å². The lowest BCUT2D eigenvalue weighted by Crippen LogP contribution is -2.28. The summed E-state index contributed by atoms with van der Waals surface area (Å²) in [6.07, 6.45) is 0. The normalized spacial score (nSPS) is 13.0. The number of nitrogens with zero attached hydrogens (tertiary/aromatic N) is 3. The molecule has 2 aromatic heterocycles. The number of fused-ring (bicyclic) bond motifs is 6. The summed E-state index contributed by atoms with van der Waals surface area (Å²) in [5, 5.41) is 2.24. The summed E-state index contributed by atoms with van der Waals surface area (Å²) in [7, 11) is 0. The molecule has 0 spiro atoms. The average Bonchev–Trinajstić information content (AvgIpc) is 3.72. The van der Waals surface area contributed by atoms with Crippen LogP contribution in [0.2, 0.25) is 0 Å². The van der Waals surface area contributed by atoms with Crippen LogP contribution in [0.15, 0.2) is 180 Å². The van der Waals surface area contributed by atoms with Gasteiger partial charge in [-0.2, -0.15) is 0 Å². The van der Waals surface area contributed by atoms with Crippen LogP contribution in [0.5, 0.6) is 0 Å². The lowest BCUT2D eigenvalue weighted by atomic mass is 9.67.